The zero-order chi connectivity index (χ0) is 22.9. The minimum absolute atomic E-state index is 0.751. The summed E-state index contributed by atoms with van der Waals surface area (Å²) in [7, 11) is 5.94. The van der Waals surface area contributed by atoms with E-state index in [4.69, 9.17) is 16.6 Å². The Morgan fingerprint density at radius 2 is 1.78 bits per heavy atom. The Kier molecular flexibility index (Phi) is 9.45. The van der Waals surface area contributed by atoms with E-state index in [0.717, 1.165) is 51.0 Å². The largest absolute Gasteiger partial charge is 0.362 e. The first kappa shape index (κ1) is 24.6. The van der Waals surface area contributed by atoms with Gasteiger partial charge in [-0.05, 0) is 74.0 Å². The van der Waals surface area contributed by atoms with Crippen LogP contribution in [0.4, 0.5) is 11.8 Å². The molecule has 0 radical (unpaired) electrons. The molecule has 172 valence electrons. The summed E-state index contributed by atoms with van der Waals surface area (Å²) < 4.78 is 2.97. The number of halogens is 1. The fourth-order valence-corrected chi connectivity index (χ4v) is 4.72. The minimum Gasteiger partial charge on any atom is -0.362 e. The smallest absolute Gasteiger partial charge is 0.225 e. The molecule has 0 bridgehead atoms. The van der Waals surface area contributed by atoms with E-state index in [0.29, 0.717) is 0 Å². The van der Waals surface area contributed by atoms with Gasteiger partial charge in [0.1, 0.15) is 5.82 Å². The molecule has 0 unspecified atom stereocenters. The van der Waals surface area contributed by atoms with Crippen LogP contribution in [0.5, 0.6) is 0 Å². The molecule has 1 aliphatic carbocycles. The first-order valence-electron chi connectivity index (χ1n) is 11.2. The molecule has 1 aliphatic rings. The summed E-state index contributed by atoms with van der Waals surface area (Å²) in [5, 5.41) is 5.35. The van der Waals surface area contributed by atoms with Crippen molar-refractivity contribution in [1.82, 2.24) is 14.7 Å². The molecule has 2 aromatic carbocycles. The molecule has 0 amide bonds. The molecule has 0 aliphatic heterocycles. The van der Waals surface area contributed by atoms with Crippen LogP contribution < -0.4 is 14.9 Å². The van der Waals surface area contributed by atoms with Gasteiger partial charge in [0.25, 0.3) is 0 Å². The lowest BCUT2D eigenvalue weighted by atomic mass is 9.83. The lowest BCUT2D eigenvalue weighted by molar-refractivity contribution is 0.300. The Hall–Kier alpha value is -2.02. The second-order valence-electron chi connectivity index (χ2n) is 8.55. The second kappa shape index (κ2) is 12.3. The highest BCUT2D eigenvalue weighted by atomic mass is 35.5. The maximum Gasteiger partial charge on any atom is 0.225 e. The third kappa shape index (κ3) is 7.26. The second-order valence-corrected chi connectivity index (χ2v) is 10.1. The number of rotatable bonds is 6. The van der Waals surface area contributed by atoms with Crippen LogP contribution in [0.3, 0.4) is 0 Å². The predicted octanol–water partition coefficient (Wildman–Crippen LogP) is 6.50. The van der Waals surface area contributed by atoms with Crippen molar-refractivity contribution in [2.24, 2.45) is 11.8 Å². The highest BCUT2D eigenvalue weighted by molar-refractivity contribution is 7.97. The molecule has 0 atom stereocenters. The number of para-hydroxylation sites is 1. The summed E-state index contributed by atoms with van der Waals surface area (Å²) in [5.74, 6) is 3.38. The van der Waals surface area contributed by atoms with Gasteiger partial charge in [-0.1, -0.05) is 49.6 Å². The molecule has 2 N–H and O–H groups in total. The molecular formula is C25H34ClN5S. The lowest BCUT2D eigenvalue weighted by Gasteiger charge is -2.26. The molecule has 0 saturated heterocycles. The fraction of sp³-hybridized carbons (Fsp3) is 0.440. The van der Waals surface area contributed by atoms with Crippen molar-refractivity contribution < 1.29 is 0 Å². The van der Waals surface area contributed by atoms with Crippen LogP contribution in [0, 0.1) is 11.8 Å². The van der Waals surface area contributed by atoms with Gasteiger partial charge in [0.15, 0.2) is 0 Å². The zero-order valence-corrected chi connectivity index (χ0v) is 21.0. The zero-order valence-electron chi connectivity index (χ0n) is 19.4. The maximum absolute atomic E-state index is 5.74. The predicted molar refractivity (Wildman–Crippen MR) is 140 cm³/mol. The molecular weight excluding hydrogens is 438 g/mol. The Balaban J connectivity index is 0.000000243. The van der Waals surface area contributed by atoms with Crippen LogP contribution in [0.1, 0.15) is 32.6 Å². The van der Waals surface area contributed by atoms with Gasteiger partial charge in [-0.3, -0.25) is 4.72 Å². The third-order valence-corrected chi connectivity index (χ3v) is 6.64. The van der Waals surface area contributed by atoms with Gasteiger partial charge in [-0.25, -0.2) is 4.98 Å². The Morgan fingerprint density at radius 1 is 1.03 bits per heavy atom. The van der Waals surface area contributed by atoms with E-state index in [1.54, 1.807) is 11.9 Å². The number of hydrogen-bond donors (Lipinski definition) is 2. The quantitative estimate of drug-likeness (QED) is 0.400. The third-order valence-electron chi connectivity index (χ3n) is 5.71. The Labute approximate surface area is 201 Å². The molecule has 1 saturated carbocycles. The van der Waals surface area contributed by atoms with Crippen molar-refractivity contribution in [3.63, 3.8) is 0 Å². The van der Waals surface area contributed by atoms with Crippen molar-refractivity contribution in [3.05, 3.63) is 53.6 Å². The standard InChI is InChI=1S/C18H26N4.C7H8ClNS/c1-13-8-10-14(11-9-13)12-19-18-20-16-7-5-4-6-15(16)17(21-18)22(2)3;1-9-10-7-4-2-3-6(8)5-7/h4-7,13-14H,8-12H2,1-3H3,(H,19,20,21);2-5,9H,1H3. The number of nitrogens with zero attached hydrogens (tertiary/aromatic N) is 3. The Morgan fingerprint density at radius 3 is 2.47 bits per heavy atom. The fourth-order valence-electron chi connectivity index (χ4n) is 3.90. The first-order valence-corrected chi connectivity index (χ1v) is 12.4. The van der Waals surface area contributed by atoms with Crippen LogP contribution in [-0.2, 0) is 0 Å². The highest BCUT2D eigenvalue weighted by Crippen LogP contribution is 2.29. The topological polar surface area (TPSA) is 53.1 Å². The van der Waals surface area contributed by atoms with Crippen LogP contribution in [0.15, 0.2) is 53.4 Å². The normalized spacial score (nSPS) is 18.0. The Bertz CT molecular complexity index is 989. The number of aromatic nitrogens is 2. The van der Waals surface area contributed by atoms with Gasteiger partial charge >= 0.3 is 0 Å². The summed E-state index contributed by atoms with van der Waals surface area (Å²) in [5.41, 5.74) is 1.00. The van der Waals surface area contributed by atoms with Gasteiger partial charge in [0.05, 0.1) is 5.52 Å². The summed E-state index contributed by atoms with van der Waals surface area (Å²) >= 11 is 7.29. The molecule has 3 aromatic rings. The molecule has 1 heterocycles. The molecule has 1 aromatic heterocycles. The molecule has 4 rings (SSSR count). The van der Waals surface area contributed by atoms with Gasteiger partial charge in [-0.2, -0.15) is 4.98 Å². The summed E-state index contributed by atoms with van der Waals surface area (Å²) in [6, 6.07) is 15.9. The molecule has 0 spiro atoms. The van der Waals surface area contributed by atoms with E-state index < -0.39 is 0 Å². The average Bonchev–Trinajstić information content (AvgIpc) is 2.79. The summed E-state index contributed by atoms with van der Waals surface area (Å²) in [4.78, 5) is 12.6. The highest BCUT2D eigenvalue weighted by Gasteiger charge is 2.18. The van der Waals surface area contributed by atoms with Gasteiger partial charge in [0.2, 0.25) is 5.95 Å². The van der Waals surface area contributed by atoms with E-state index in [-0.39, 0.29) is 0 Å². The van der Waals surface area contributed by atoms with Gasteiger partial charge < -0.3 is 10.2 Å². The van der Waals surface area contributed by atoms with E-state index in [2.05, 4.69) is 39.0 Å². The van der Waals surface area contributed by atoms with Crippen LogP contribution in [0.2, 0.25) is 5.02 Å². The molecule has 32 heavy (non-hydrogen) atoms. The van der Waals surface area contributed by atoms with Crippen molar-refractivity contribution in [2.45, 2.75) is 37.5 Å². The van der Waals surface area contributed by atoms with Crippen LogP contribution >= 0.6 is 23.5 Å². The lowest BCUT2D eigenvalue weighted by Crippen LogP contribution is -2.21. The minimum atomic E-state index is 0.751. The summed E-state index contributed by atoms with van der Waals surface area (Å²) in [6.45, 7) is 3.34. The monoisotopic (exact) mass is 471 g/mol. The van der Waals surface area contributed by atoms with Crippen molar-refractivity contribution in [3.8, 4) is 0 Å². The van der Waals surface area contributed by atoms with Crippen molar-refractivity contribution in [1.29, 1.82) is 0 Å². The van der Waals surface area contributed by atoms with E-state index in [9.17, 15) is 0 Å². The van der Waals surface area contributed by atoms with E-state index in [1.165, 1.54) is 25.7 Å². The molecule has 1 fully saturated rings. The molecule has 7 heteroatoms. The number of benzene rings is 2. The number of fused-ring (bicyclic) bond motifs is 1. The van der Waals surface area contributed by atoms with Gasteiger partial charge in [-0.15, -0.1) is 0 Å². The number of anilines is 2. The summed E-state index contributed by atoms with van der Waals surface area (Å²) in [6.07, 6.45) is 5.35. The number of nitrogens with one attached hydrogen (secondary N) is 2. The molecule has 5 nitrogen and oxygen atoms in total. The van der Waals surface area contributed by atoms with E-state index in [1.807, 2.05) is 57.5 Å². The maximum atomic E-state index is 5.74. The SMILES string of the molecule is CC1CCC(CNc2nc(N(C)C)c3ccccc3n2)CC1.CNSc1cccc(Cl)c1. The first-order chi connectivity index (χ1) is 15.5. The van der Waals surface area contributed by atoms with Crippen molar-refractivity contribution >= 4 is 46.2 Å². The number of hydrogen-bond acceptors (Lipinski definition) is 6. The van der Waals surface area contributed by atoms with Crippen LogP contribution in [0.25, 0.3) is 10.9 Å². The van der Waals surface area contributed by atoms with Crippen LogP contribution in [-0.4, -0.2) is 37.7 Å². The van der Waals surface area contributed by atoms with Gasteiger partial charge in [0, 0.05) is 35.9 Å². The van der Waals surface area contributed by atoms with Crippen molar-refractivity contribution in [2.75, 3.05) is 37.9 Å². The van der Waals surface area contributed by atoms with E-state index >= 15 is 0 Å². The average molecular weight is 472 g/mol.